The highest BCUT2D eigenvalue weighted by Crippen LogP contribution is 2.32. The Morgan fingerprint density at radius 3 is 1.88 bits per heavy atom. The Morgan fingerprint density at radius 2 is 1.42 bits per heavy atom. The molecule has 26 heavy (non-hydrogen) atoms. The Morgan fingerprint density at radius 1 is 0.962 bits per heavy atom. The van der Waals surface area contributed by atoms with Gasteiger partial charge in [0, 0.05) is 24.7 Å². The van der Waals surface area contributed by atoms with Gasteiger partial charge in [0.05, 0.1) is 0 Å². The van der Waals surface area contributed by atoms with Crippen LogP contribution in [0.3, 0.4) is 0 Å². The molecule has 0 saturated carbocycles. The van der Waals surface area contributed by atoms with E-state index in [1.165, 1.54) is 42.8 Å². The van der Waals surface area contributed by atoms with Crippen molar-refractivity contribution >= 4 is 0 Å². The normalized spacial score (nSPS) is 15.5. The van der Waals surface area contributed by atoms with Crippen LogP contribution in [0.5, 0.6) is 0 Å². The molecular formula is C23H27F2N. The second-order valence-electron chi connectivity index (χ2n) is 7.43. The van der Waals surface area contributed by atoms with Crippen LogP contribution in [-0.4, -0.2) is 18.0 Å². The van der Waals surface area contributed by atoms with Crippen LogP contribution in [0.15, 0.2) is 60.8 Å². The summed E-state index contributed by atoms with van der Waals surface area (Å²) < 4.78 is 26.6. The van der Waals surface area contributed by atoms with E-state index in [0.29, 0.717) is 0 Å². The molecular weight excluding hydrogens is 328 g/mol. The molecule has 0 radical (unpaired) electrons. The lowest BCUT2D eigenvalue weighted by molar-refractivity contribution is 0.231. The van der Waals surface area contributed by atoms with Gasteiger partial charge in [-0.3, -0.25) is 0 Å². The number of piperidine rings is 1. The maximum absolute atomic E-state index is 13.3. The summed E-state index contributed by atoms with van der Waals surface area (Å²) in [6, 6.07) is 13.3. The molecule has 3 rings (SSSR count). The van der Waals surface area contributed by atoms with Crippen LogP contribution in [0.1, 0.15) is 49.7 Å². The lowest BCUT2D eigenvalue weighted by Gasteiger charge is -2.34. The van der Waals surface area contributed by atoms with Gasteiger partial charge in [-0.05, 0) is 67.0 Å². The summed E-state index contributed by atoms with van der Waals surface area (Å²) >= 11 is 0. The minimum absolute atomic E-state index is 0.108. The predicted octanol–water partition coefficient (Wildman–Crippen LogP) is 6.12. The van der Waals surface area contributed by atoms with Crippen molar-refractivity contribution in [3.63, 3.8) is 0 Å². The van der Waals surface area contributed by atoms with E-state index in [9.17, 15) is 8.78 Å². The zero-order valence-electron chi connectivity index (χ0n) is 15.4. The molecule has 1 heterocycles. The van der Waals surface area contributed by atoms with E-state index in [1.54, 1.807) is 0 Å². The van der Waals surface area contributed by atoms with E-state index in [4.69, 9.17) is 0 Å². The molecule has 0 unspecified atom stereocenters. The molecule has 0 aliphatic carbocycles. The summed E-state index contributed by atoms with van der Waals surface area (Å²) in [5.41, 5.74) is 3.28. The topological polar surface area (TPSA) is 3.24 Å². The summed E-state index contributed by atoms with van der Waals surface area (Å²) in [7, 11) is 0. The second kappa shape index (κ2) is 8.48. The largest absolute Gasteiger partial charge is 0.375 e. The molecule has 0 spiro atoms. The van der Waals surface area contributed by atoms with E-state index in [1.807, 2.05) is 24.3 Å². The molecule has 1 aliphatic heterocycles. The molecule has 3 heteroatoms. The van der Waals surface area contributed by atoms with Gasteiger partial charge in [0.2, 0.25) is 0 Å². The first-order valence-electron chi connectivity index (χ1n) is 9.46. The van der Waals surface area contributed by atoms with Crippen molar-refractivity contribution in [2.45, 2.75) is 38.5 Å². The maximum atomic E-state index is 13.3. The van der Waals surface area contributed by atoms with Crippen molar-refractivity contribution < 1.29 is 8.78 Å². The monoisotopic (exact) mass is 355 g/mol. The third kappa shape index (κ3) is 4.72. The highest BCUT2D eigenvalue weighted by atomic mass is 19.1. The second-order valence-corrected chi connectivity index (χ2v) is 7.43. The van der Waals surface area contributed by atoms with Crippen LogP contribution < -0.4 is 0 Å². The Balaban J connectivity index is 1.72. The van der Waals surface area contributed by atoms with Gasteiger partial charge < -0.3 is 4.90 Å². The standard InChI is InChI=1S/C23H27F2N/c1-17-13-15-26(16-14-17)18(2)3-12-23(19-4-8-21(24)9-5-19)20-6-10-22(25)11-7-20/h4-11,17,23H,2-3,12-16H2,1H3. The summed E-state index contributed by atoms with van der Waals surface area (Å²) in [5, 5.41) is 0. The van der Waals surface area contributed by atoms with Gasteiger partial charge in [-0.2, -0.15) is 0 Å². The van der Waals surface area contributed by atoms with Crippen LogP contribution in [0.4, 0.5) is 8.78 Å². The molecule has 138 valence electrons. The minimum Gasteiger partial charge on any atom is -0.375 e. The number of likely N-dealkylation sites (tertiary alicyclic amines) is 1. The van der Waals surface area contributed by atoms with E-state index < -0.39 is 0 Å². The number of hydrogen-bond donors (Lipinski definition) is 0. The average molecular weight is 355 g/mol. The number of rotatable bonds is 6. The minimum atomic E-state index is -0.238. The van der Waals surface area contributed by atoms with Crippen LogP contribution in [0.25, 0.3) is 0 Å². The quantitative estimate of drug-likeness (QED) is 0.603. The fourth-order valence-corrected chi connectivity index (χ4v) is 3.71. The lowest BCUT2D eigenvalue weighted by atomic mass is 9.86. The van der Waals surface area contributed by atoms with Gasteiger partial charge in [-0.15, -0.1) is 0 Å². The molecule has 1 aliphatic rings. The van der Waals surface area contributed by atoms with Crippen LogP contribution in [-0.2, 0) is 0 Å². The first-order valence-corrected chi connectivity index (χ1v) is 9.46. The van der Waals surface area contributed by atoms with Crippen molar-refractivity contribution in [1.29, 1.82) is 0 Å². The summed E-state index contributed by atoms with van der Waals surface area (Å²) in [4.78, 5) is 2.40. The van der Waals surface area contributed by atoms with Crippen LogP contribution >= 0.6 is 0 Å². The van der Waals surface area contributed by atoms with Gasteiger partial charge in [0.1, 0.15) is 11.6 Å². The number of nitrogens with zero attached hydrogens (tertiary/aromatic N) is 1. The predicted molar refractivity (Wildman–Crippen MR) is 103 cm³/mol. The lowest BCUT2D eigenvalue weighted by Crippen LogP contribution is -2.32. The van der Waals surface area contributed by atoms with Crippen molar-refractivity contribution in [3.8, 4) is 0 Å². The first-order chi connectivity index (χ1) is 12.5. The van der Waals surface area contributed by atoms with Crippen molar-refractivity contribution in [1.82, 2.24) is 4.90 Å². The Hall–Kier alpha value is -2.16. The van der Waals surface area contributed by atoms with Crippen molar-refractivity contribution in [2.24, 2.45) is 5.92 Å². The summed E-state index contributed by atoms with van der Waals surface area (Å²) in [6.07, 6.45) is 4.20. The fourth-order valence-electron chi connectivity index (χ4n) is 3.71. The molecule has 2 aromatic carbocycles. The molecule has 0 amide bonds. The van der Waals surface area contributed by atoms with Crippen LogP contribution in [0.2, 0.25) is 0 Å². The molecule has 0 aromatic heterocycles. The Kier molecular flexibility index (Phi) is 6.08. The van der Waals surface area contributed by atoms with Crippen molar-refractivity contribution in [3.05, 3.63) is 83.6 Å². The van der Waals surface area contributed by atoms with Gasteiger partial charge in [0.25, 0.3) is 0 Å². The number of halogens is 2. The van der Waals surface area contributed by atoms with Crippen LogP contribution in [0, 0.1) is 17.6 Å². The molecule has 0 atom stereocenters. The van der Waals surface area contributed by atoms with E-state index in [0.717, 1.165) is 43.0 Å². The Labute approximate surface area is 155 Å². The molecule has 1 fully saturated rings. The average Bonchev–Trinajstić information content (AvgIpc) is 2.65. The fraction of sp³-hybridized carbons (Fsp3) is 0.391. The number of hydrogen-bond acceptors (Lipinski definition) is 1. The van der Waals surface area contributed by atoms with Crippen molar-refractivity contribution in [2.75, 3.05) is 13.1 Å². The first kappa shape index (κ1) is 18.6. The molecule has 0 N–H and O–H groups in total. The number of allylic oxidation sites excluding steroid dienone is 1. The Bertz CT molecular complexity index is 667. The van der Waals surface area contributed by atoms with Gasteiger partial charge in [-0.1, -0.05) is 37.8 Å². The van der Waals surface area contributed by atoms with Gasteiger partial charge >= 0.3 is 0 Å². The SMILES string of the molecule is C=C(CCC(c1ccc(F)cc1)c1ccc(F)cc1)N1CCC(C)CC1. The zero-order valence-corrected chi connectivity index (χ0v) is 15.4. The highest BCUT2D eigenvalue weighted by molar-refractivity contribution is 5.33. The van der Waals surface area contributed by atoms with Gasteiger partial charge in [0.15, 0.2) is 0 Å². The zero-order chi connectivity index (χ0) is 18.5. The molecule has 1 nitrogen and oxygen atoms in total. The smallest absolute Gasteiger partial charge is 0.123 e. The molecule has 1 saturated heterocycles. The maximum Gasteiger partial charge on any atom is 0.123 e. The summed E-state index contributed by atoms with van der Waals surface area (Å²) in [6.45, 7) is 8.76. The summed E-state index contributed by atoms with van der Waals surface area (Å²) in [5.74, 6) is 0.429. The molecule has 2 aromatic rings. The third-order valence-corrected chi connectivity index (χ3v) is 5.50. The van der Waals surface area contributed by atoms with Gasteiger partial charge in [-0.25, -0.2) is 8.78 Å². The molecule has 0 bridgehead atoms. The number of benzene rings is 2. The highest BCUT2D eigenvalue weighted by Gasteiger charge is 2.19. The van der Waals surface area contributed by atoms with E-state index in [2.05, 4.69) is 18.4 Å². The third-order valence-electron chi connectivity index (χ3n) is 5.50. The van der Waals surface area contributed by atoms with E-state index in [-0.39, 0.29) is 17.6 Å². The van der Waals surface area contributed by atoms with E-state index >= 15 is 0 Å².